The van der Waals surface area contributed by atoms with E-state index in [1.165, 1.54) is 14.8 Å². The predicted molar refractivity (Wildman–Crippen MR) is 91.6 cm³/mol. The van der Waals surface area contributed by atoms with E-state index in [0.717, 1.165) is 28.0 Å². The first-order valence-corrected chi connectivity index (χ1v) is 7.83. The molecule has 0 amide bonds. The van der Waals surface area contributed by atoms with Gasteiger partial charge in [0.2, 0.25) is 0 Å². The van der Waals surface area contributed by atoms with Crippen molar-refractivity contribution in [2.45, 2.75) is 20.4 Å². The van der Waals surface area contributed by atoms with E-state index in [-0.39, 0.29) is 0 Å². The average molecular weight is 398 g/mol. The summed E-state index contributed by atoms with van der Waals surface area (Å²) in [6.07, 6.45) is 0. The van der Waals surface area contributed by atoms with Crippen LogP contribution < -0.4 is 0 Å². The lowest BCUT2D eigenvalue weighted by Gasteiger charge is -2.05. The van der Waals surface area contributed by atoms with Crippen LogP contribution in [0.4, 0.5) is 0 Å². The summed E-state index contributed by atoms with van der Waals surface area (Å²) < 4.78 is 6.01. The zero-order valence-corrected chi connectivity index (χ0v) is 14.5. The van der Waals surface area contributed by atoms with E-state index in [2.05, 4.69) is 62.4 Å². The molecule has 2 aromatic heterocycles. The lowest BCUT2D eigenvalue weighted by Crippen LogP contribution is -2.02. The number of rotatable bonds is 2. The molecule has 0 aliphatic carbocycles. The van der Waals surface area contributed by atoms with E-state index >= 15 is 0 Å². The van der Waals surface area contributed by atoms with Crippen LogP contribution in [-0.2, 0) is 13.6 Å². The van der Waals surface area contributed by atoms with Gasteiger partial charge in [-0.1, -0.05) is 0 Å². The van der Waals surface area contributed by atoms with Gasteiger partial charge in [-0.05, 0) is 66.9 Å². The Balaban J connectivity index is 2.16. The Morgan fingerprint density at radius 3 is 2.75 bits per heavy atom. The van der Waals surface area contributed by atoms with Gasteiger partial charge >= 0.3 is 0 Å². The van der Waals surface area contributed by atoms with Crippen molar-refractivity contribution in [3.05, 3.63) is 43.5 Å². The van der Waals surface area contributed by atoms with Crippen LogP contribution in [0.1, 0.15) is 17.0 Å². The van der Waals surface area contributed by atoms with Crippen LogP contribution in [0.5, 0.6) is 0 Å². The summed E-state index contributed by atoms with van der Waals surface area (Å²) >= 11 is 7.78. The van der Waals surface area contributed by atoms with Crippen molar-refractivity contribution in [1.82, 2.24) is 19.3 Å². The number of imidazole rings is 1. The van der Waals surface area contributed by atoms with Gasteiger partial charge in [0.05, 0.1) is 23.3 Å². The summed E-state index contributed by atoms with van der Waals surface area (Å²) in [5.74, 6) is 0. The Hall–Kier alpha value is -1.15. The summed E-state index contributed by atoms with van der Waals surface area (Å²) in [5, 5.41) is 4.47. The van der Waals surface area contributed by atoms with Crippen LogP contribution >= 0.6 is 34.8 Å². The highest BCUT2D eigenvalue weighted by Crippen LogP contribution is 2.21. The Bertz CT molecular complexity index is 856. The lowest BCUT2D eigenvalue weighted by atomic mass is 10.2. The molecule has 104 valence electrons. The fourth-order valence-corrected chi connectivity index (χ4v) is 3.26. The van der Waals surface area contributed by atoms with Crippen LogP contribution in [0.15, 0.2) is 18.2 Å². The van der Waals surface area contributed by atoms with Crippen molar-refractivity contribution in [1.29, 1.82) is 0 Å². The van der Waals surface area contributed by atoms with Gasteiger partial charge in [-0.15, -0.1) is 0 Å². The first kappa shape index (κ1) is 13.8. The molecule has 0 radical (unpaired) electrons. The quantitative estimate of drug-likeness (QED) is 0.528. The normalized spacial score (nSPS) is 11.4. The van der Waals surface area contributed by atoms with Crippen molar-refractivity contribution in [3.63, 3.8) is 0 Å². The number of nitrogens with zero attached hydrogens (tertiary/aromatic N) is 3. The van der Waals surface area contributed by atoms with Gasteiger partial charge in [0.15, 0.2) is 4.77 Å². The van der Waals surface area contributed by atoms with Gasteiger partial charge in [0.1, 0.15) is 0 Å². The molecule has 1 N–H and O–H groups in total. The number of benzene rings is 1. The SMILES string of the molecule is Cc1nn(C)c(C)c1Cn1c(=S)[nH]c2cc(I)ccc21. The maximum Gasteiger partial charge on any atom is 0.178 e. The third-order valence-corrected chi connectivity index (χ3v) is 4.70. The fraction of sp³-hybridized carbons (Fsp3) is 0.286. The second-order valence-corrected chi connectivity index (χ2v) is 6.58. The number of aromatic nitrogens is 4. The number of nitrogens with one attached hydrogen (secondary N) is 1. The van der Waals surface area contributed by atoms with Gasteiger partial charge in [-0.25, -0.2) is 0 Å². The van der Waals surface area contributed by atoms with E-state index in [9.17, 15) is 0 Å². The number of H-pyrrole nitrogens is 1. The maximum atomic E-state index is 5.47. The predicted octanol–water partition coefficient (Wildman–Crippen LogP) is 3.70. The van der Waals surface area contributed by atoms with Gasteiger partial charge in [0.25, 0.3) is 0 Å². The van der Waals surface area contributed by atoms with E-state index in [1.807, 2.05) is 18.7 Å². The summed E-state index contributed by atoms with van der Waals surface area (Å²) in [6, 6.07) is 6.33. The van der Waals surface area contributed by atoms with Crippen molar-refractivity contribution in [2.24, 2.45) is 7.05 Å². The number of hydrogen-bond acceptors (Lipinski definition) is 2. The van der Waals surface area contributed by atoms with Gasteiger partial charge in [-0.3, -0.25) is 4.68 Å². The minimum Gasteiger partial charge on any atom is -0.331 e. The molecule has 0 saturated heterocycles. The molecule has 0 atom stereocenters. The molecule has 0 aliphatic rings. The maximum absolute atomic E-state index is 5.47. The van der Waals surface area contributed by atoms with Crippen LogP contribution in [0, 0.1) is 22.2 Å². The highest BCUT2D eigenvalue weighted by Gasteiger charge is 2.12. The van der Waals surface area contributed by atoms with Crippen LogP contribution in [0.3, 0.4) is 0 Å². The van der Waals surface area contributed by atoms with Crippen molar-refractivity contribution < 1.29 is 0 Å². The van der Waals surface area contributed by atoms with Crippen molar-refractivity contribution in [2.75, 3.05) is 0 Å². The smallest absolute Gasteiger partial charge is 0.178 e. The van der Waals surface area contributed by atoms with E-state index in [0.29, 0.717) is 0 Å². The molecule has 0 bridgehead atoms. The first-order chi connectivity index (χ1) is 9.47. The monoisotopic (exact) mass is 398 g/mol. The second-order valence-electron chi connectivity index (χ2n) is 4.95. The molecule has 20 heavy (non-hydrogen) atoms. The van der Waals surface area contributed by atoms with Crippen LogP contribution in [0.2, 0.25) is 0 Å². The van der Waals surface area contributed by atoms with Gasteiger partial charge in [-0.2, -0.15) is 5.10 Å². The largest absolute Gasteiger partial charge is 0.331 e. The number of hydrogen-bond donors (Lipinski definition) is 1. The van der Waals surface area contributed by atoms with E-state index < -0.39 is 0 Å². The van der Waals surface area contributed by atoms with E-state index in [4.69, 9.17) is 12.2 Å². The van der Waals surface area contributed by atoms with Gasteiger partial charge in [0, 0.05) is 21.9 Å². The third kappa shape index (κ3) is 2.20. The summed E-state index contributed by atoms with van der Waals surface area (Å²) in [4.78, 5) is 3.28. The minimum atomic E-state index is 0.754. The molecule has 1 aromatic carbocycles. The van der Waals surface area contributed by atoms with Crippen LogP contribution in [0.25, 0.3) is 11.0 Å². The summed E-state index contributed by atoms with van der Waals surface area (Å²) in [5.41, 5.74) is 5.71. The molecule has 3 rings (SSSR count). The Kier molecular flexibility index (Phi) is 3.45. The highest BCUT2D eigenvalue weighted by molar-refractivity contribution is 14.1. The Morgan fingerprint density at radius 2 is 2.10 bits per heavy atom. The first-order valence-electron chi connectivity index (χ1n) is 6.34. The van der Waals surface area contributed by atoms with Gasteiger partial charge < -0.3 is 9.55 Å². The average Bonchev–Trinajstić information content (AvgIpc) is 2.81. The van der Waals surface area contributed by atoms with Crippen molar-refractivity contribution >= 4 is 45.8 Å². The number of aryl methyl sites for hydroxylation is 2. The molecule has 0 fully saturated rings. The van der Waals surface area contributed by atoms with Crippen LogP contribution in [-0.4, -0.2) is 19.3 Å². The topological polar surface area (TPSA) is 38.5 Å². The highest BCUT2D eigenvalue weighted by atomic mass is 127. The van der Waals surface area contributed by atoms with Crippen molar-refractivity contribution in [3.8, 4) is 0 Å². The molecule has 3 aromatic rings. The second kappa shape index (κ2) is 5.00. The molecule has 0 unspecified atom stereocenters. The lowest BCUT2D eigenvalue weighted by molar-refractivity contribution is 0.727. The standard InChI is InChI=1S/C14H15IN4S/c1-8-11(9(2)18(3)17-8)7-19-13-5-4-10(15)6-12(13)16-14(19)20/h4-6H,7H2,1-3H3,(H,16,20). The zero-order valence-electron chi connectivity index (χ0n) is 11.6. The summed E-state index contributed by atoms with van der Waals surface area (Å²) in [6.45, 7) is 4.89. The zero-order chi connectivity index (χ0) is 14.4. The molecule has 6 heteroatoms. The van der Waals surface area contributed by atoms with E-state index in [1.54, 1.807) is 0 Å². The number of halogens is 1. The molecule has 2 heterocycles. The molecule has 0 aliphatic heterocycles. The molecule has 0 saturated carbocycles. The minimum absolute atomic E-state index is 0.754. The number of fused-ring (bicyclic) bond motifs is 1. The molecular weight excluding hydrogens is 383 g/mol. The fourth-order valence-electron chi connectivity index (χ4n) is 2.50. The molecule has 4 nitrogen and oxygen atoms in total. The summed E-state index contributed by atoms with van der Waals surface area (Å²) in [7, 11) is 1.97. The molecule has 0 spiro atoms. The third-order valence-electron chi connectivity index (χ3n) is 3.71. The molecular formula is C14H15IN4S. The number of aromatic amines is 1. The Labute approximate surface area is 135 Å². The Morgan fingerprint density at radius 1 is 1.35 bits per heavy atom.